The minimum absolute atomic E-state index is 0.0627. The standard InChI is InChI=1S/C28H24NO2/c30-24-16-9-10-20(19-24)18-23-15-7-8-17-25(23)28-29-26(21-11-3-1-4-12-21)27(31-28)22-13-5-2-6-14-22/h1-6,9-14,16-17,19,23H,7-8,15,18H2/t23-/m0/s1. The van der Waals surface area contributed by atoms with Crippen LogP contribution in [0, 0.1) is 5.92 Å². The lowest BCUT2D eigenvalue weighted by atomic mass is 9.83. The Morgan fingerprint density at radius 2 is 1.61 bits per heavy atom. The summed E-state index contributed by atoms with van der Waals surface area (Å²) in [6, 6.07) is 27.6. The molecule has 5 rings (SSSR count). The van der Waals surface area contributed by atoms with Gasteiger partial charge < -0.3 is 4.42 Å². The van der Waals surface area contributed by atoms with Gasteiger partial charge in [-0.25, -0.2) is 4.98 Å². The molecule has 0 N–H and O–H groups in total. The third-order valence-corrected chi connectivity index (χ3v) is 5.90. The lowest BCUT2D eigenvalue weighted by Crippen LogP contribution is -2.11. The summed E-state index contributed by atoms with van der Waals surface area (Å²) in [5.74, 6) is 1.85. The van der Waals surface area contributed by atoms with Crippen LogP contribution in [0.4, 0.5) is 0 Å². The summed E-state index contributed by atoms with van der Waals surface area (Å²) >= 11 is 0. The van der Waals surface area contributed by atoms with Gasteiger partial charge in [0.25, 0.3) is 0 Å². The Morgan fingerprint density at radius 3 is 2.35 bits per heavy atom. The number of nitrogens with zero attached hydrogens (tertiary/aromatic N) is 1. The van der Waals surface area contributed by atoms with Crippen LogP contribution in [0.15, 0.2) is 95.4 Å². The van der Waals surface area contributed by atoms with Gasteiger partial charge >= 0.3 is 0 Å². The Labute approximate surface area is 182 Å². The molecule has 3 aromatic carbocycles. The van der Waals surface area contributed by atoms with E-state index in [1.165, 1.54) is 0 Å². The molecule has 1 radical (unpaired) electrons. The molecule has 0 saturated carbocycles. The van der Waals surface area contributed by atoms with Crippen LogP contribution in [-0.4, -0.2) is 4.98 Å². The van der Waals surface area contributed by atoms with E-state index in [1.54, 1.807) is 12.1 Å². The zero-order valence-electron chi connectivity index (χ0n) is 17.3. The molecule has 0 unspecified atom stereocenters. The van der Waals surface area contributed by atoms with Crippen LogP contribution in [0.2, 0.25) is 0 Å². The van der Waals surface area contributed by atoms with Gasteiger partial charge in [-0.2, -0.15) is 0 Å². The highest BCUT2D eigenvalue weighted by Gasteiger charge is 2.26. The van der Waals surface area contributed by atoms with Gasteiger partial charge in [0.1, 0.15) is 5.69 Å². The van der Waals surface area contributed by atoms with Crippen molar-refractivity contribution in [2.75, 3.05) is 0 Å². The second-order valence-electron chi connectivity index (χ2n) is 8.07. The van der Waals surface area contributed by atoms with E-state index in [-0.39, 0.29) is 5.75 Å². The van der Waals surface area contributed by atoms with Crippen LogP contribution in [0.1, 0.15) is 30.7 Å². The van der Waals surface area contributed by atoms with Crippen molar-refractivity contribution in [3.05, 3.63) is 102 Å². The van der Waals surface area contributed by atoms with Gasteiger partial charge in [-0.15, -0.1) is 0 Å². The minimum atomic E-state index is 0.0627. The lowest BCUT2D eigenvalue weighted by Gasteiger charge is -2.22. The van der Waals surface area contributed by atoms with E-state index < -0.39 is 0 Å². The number of benzene rings is 3. The number of allylic oxidation sites excluding steroid dienone is 2. The van der Waals surface area contributed by atoms with Crippen molar-refractivity contribution in [3.63, 3.8) is 0 Å². The van der Waals surface area contributed by atoms with E-state index in [9.17, 15) is 5.11 Å². The first-order valence-electron chi connectivity index (χ1n) is 10.9. The second kappa shape index (κ2) is 8.65. The highest BCUT2D eigenvalue weighted by atomic mass is 16.4. The monoisotopic (exact) mass is 406 g/mol. The van der Waals surface area contributed by atoms with E-state index in [2.05, 4.69) is 30.3 Å². The second-order valence-corrected chi connectivity index (χ2v) is 8.07. The molecular weight excluding hydrogens is 382 g/mol. The van der Waals surface area contributed by atoms with E-state index in [0.717, 1.165) is 59.4 Å². The Hall–Kier alpha value is -3.59. The topological polar surface area (TPSA) is 45.9 Å². The van der Waals surface area contributed by atoms with Crippen molar-refractivity contribution >= 4 is 5.57 Å². The smallest absolute Gasteiger partial charge is 0.223 e. The first-order chi connectivity index (χ1) is 15.3. The summed E-state index contributed by atoms with van der Waals surface area (Å²) in [7, 11) is 0. The average molecular weight is 407 g/mol. The zero-order valence-corrected chi connectivity index (χ0v) is 17.3. The molecule has 3 nitrogen and oxygen atoms in total. The minimum Gasteiger partial charge on any atom is -0.436 e. The van der Waals surface area contributed by atoms with Gasteiger partial charge in [-0.1, -0.05) is 78.9 Å². The maximum absolute atomic E-state index is 11.8. The maximum Gasteiger partial charge on any atom is 0.223 e. The summed E-state index contributed by atoms with van der Waals surface area (Å²) in [5, 5.41) is 11.8. The van der Waals surface area contributed by atoms with Crippen molar-refractivity contribution in [2.45, 2.75) is 25.7 Å². The van der Waals surface area contributed by atoms with E-state index in [0.29, 0.717) is 11.8 Å². The van der Waals surface area contributed by atoms with E-state index in [4.69, 9.17) is 9.40 Å². The molecule has 1 atom stereocenters. The lowest BCUT2D eigenvalue weighted by molar-refractivity contribution is 0.354. The maximum atomic E-state index is 11.8. The van der Waals surface area contributed by atoms with Crippen LogP contribution in [0.5, 0.6) is 5.75 Å². The predicted octanol–water partition coefficient (Wildman–Crippen LogP) is 7.58. The molecule has 0 amide bonds. The molecule has 0 aliphatic heterocycles. The van der Waals surface area contributed by atoms with Crippen molar-refractivity contribution < 1.29 is 9.52 Å². The fourth-order valence-corrected chi connectivity index (χ4v) is 4.40. The fourth-order valence-electron chi connectivity index (χ4n) is 4.40. The Bertz CT molecular complexity index is 1140. The highest BCUT2D eigenvalue weighted by molar-refractivity contribution is 5.79. The van der Waals surface area contributed by atoms with Crippen molar-refractivity contribution in [3.8, 4) is 28.3 Å². The molecule has 4 aromatic rings. The fraction of sp³-hybridized carbons (Fsp3) is 0.179. The van der Waals surface area contributed by atoms with Crippen molar-refractivity contribution in [1.82, 2.24) is 4.98 Å². The van der Waals surface area contributed by atoms with Crippen LogP contribution in [0.3, 0.4) is 0 Å². The molecule has 0 saturated heterocycles. The molecular formula is C28H24NO2. The molecule has 1 aliphatic carbocycles. The number of hydrogen-bond donors (Lipinski definition) is 0. The van der Waals surface area contributed by atoms with Gasteiger partial charge in [0.15, 0.2) is 11.5 Å². The molecule has 31 heavy (non-hydrogen) atoms. The molecule has 0 spiro atoms. The van der Waals surface area contributed by atoms with Gasteiger partial charge in [0.05, 0.1) is 0 Å². The molecule has 153 valence electrons. The first kappa shape index (κ1) is 19.4. The Kier molecular flexibility index (Phi) is 5.40. The van der Waals surface area contributed by atoms with Crippen molar-refractivity contribution in [1.29, 1.82) is 0 Å². The van der Waals surface area contributed by atoms with Gasteiger partial charge in [-0.3, -0.25) is 5.11 Å². The SMILES string of the molecule is [O]c1cccc(C[C@@H]2CCCC=C2c2nc(-c3ccccc3)c(-c3ccccc3)o2)c1. The number of oxazole rings is 1. The normalized spacial score (nSPS) is 16.1. The van der Waals surface area contributed by atoms with Gasteiger partial charge in [-0.05, 0) is 49.3 Å². The molecule has 1 aliphatic rings. The molecule has 0 fully saturated rings. The third-order valence-electron chi connectivity index (χ3n) is 5.90. The van der Waals surface area contributed by atoms with Gasteiger partial charge in [0.2, 0.25) is 5.89 Å². The van der Waals surface area contributed by atoms with Crippen LogP contribution in [0.25, 0.3) is 28.2 Å². The van der Waals surface area contributed by atoms with Crippen LogP contribution in [-0.2, 0) is 11.5 Å². The van der Waals surface area contributed by atoms with Crippen molar-refractivity contribution in [2.24, 2.45) is 5.92 Å². The number of rotatable bonds is 5. The van der Waals surface area contributed by atoms with E-state index in [1.807, 2.05) is 48.5 Å². The van der Waals surface area contributed by atoms with Gasteiger partial charge in [0, 0.05) is 16.7 Å². The van der Waals surface area contributed by atoms with Crippen LogP contribution >= 0.6 is 0 Å². The summed E-state index contributed by atoms with van der Waals surface area (Å²) < 4.78 is 6.45. The quantitative estimate of drug-likeness (QED) is 0.343. The Morgan fingerprint density at radius 1 is 0.871 bits per heavy atom. The highest BCUT2D eigenvalue weighted by Crippen LogP contribution is 2.40. The first-order valence-corrected chi connectivity index (χ1v) is 10.9. The average Bonchev–Trinajstić information content (AvgIpc) is 3.26. The van der Waals surface area contributed by atoms with E-state index >= 15 is 0 Å². The third kappa shape index (κ3) is 4.17. The van der Waals surface area contributed by atoms with Crippen LogP contribution < -0.4 is 0 Å². The number of hydrogen-bond acceptors (Lipinski definition) is 2. The number of aromatic nitrogens is 1. The molecule has 3 heteroatoms. The summed E-state index contributed by atoms with van der Waals surface area (Å²) in [6.45, 7) is 0. The largest absolute Gasteiger partial charge is 0.436 e. The molecule has 1 heterocycles. The molecule has 0 bridgehead atoms. The molecule has 1 aromatic heterocycles. The summed E-state index contributed by atoms with van der Waals surface area (Å²) in [4.78, 5) is 4.99. The summed E-state index contributed by atoms with van der Waals surface area (Å²) in [6.07, 6.45) is 6.33. The zero-order chi connectivity index (χ0) is 21.0. The summed E-state index contributed by atoms with van der Waals surface area (Å²) in [5.41, 5.74) is 5.16. The Balaban J connectivity index is 1.56. The predicted molar refractivity (Wildman–Crippen MR) is 123 cm³/mol.